The largest absolute Gasteiger partial charge is 0.275 e. The number of aryl methyl sites for hydroxylation is 1. The van der Waals surface area contributed by atoms with Crippen LogP contribution in [0.15, 0.2) is 41.0 Å². The fourth-order valence-corrected chi connectivity index (χ4v) is 1.99. The van der Waals surface area contributed by atoms with Crippen molar-refractivity contribution >= 4 is 15.9 Å². The van der Waals surface area contributed by atoms with Crippen LogP contribution in [0, 0.1) is 0 Å². The SMILES string of the molecule is Cn1ccc(C(Cc2ccc(Br)cc2)NN)n1. The van der Waals surface area contributed by atoms with Crippen LogP contribution in [0.4, 0.5) is 0 Å². The van der Waals surface area contributed by atoms with E-state index >= 15 is 0 Å². The fraction of sp³-hybridized carbons (Fsp3) is 0.250. The predicted octanol–water partition coefficient (Wildman–Crippen LogP) is 1.93. The van der Waals surface area contributed by atoms with E-state index in [1.807, 2.05) is 31.4 Å². The number of nitrogens with one attached hydrogen (secondary N) is 1. The van der Waals surface area contributed by atoms with E-state index in [-0.39, 0.29) is 6.04 Å². The van der Waals surface area contributed by atoms with Gasteiger partial charge in [0.2, 0.25) is 0 Å². The van der Waals surface area contributed by atoms with Gasteiger partial charge in [-0.15, -0.1) is 0 Å². The molecule has 0 spiro atoms. The lowest BCUT2D eigenvalue weighted by Gasteiger charge is -2.13. The lowest BCUT2D eigenvalue weighted by Crippen LogP contribution is -2.30. The van der Waals surface area contributed by atoms with Crippen LogP contribution in [0.5, 0.6) is 0 Å². The maximum Gasteiger partial charge on any atom is 0.0810 e. The third-order valence-electron chi connectivity index (χ3n) is 2.65. The summed E-state index contributed by atoms with van der Waals surface area (Å²) in [5.41, 5.74) is 4.99. The van der Waals surface area contributed by atoms with Crippen molar-refractivity contribution in [1.29, 1.82) is 0 Å². The summed E-state index contributed by atoms with van der Waals surface area (Å²) < 4.78 is 2.86. The maximum absolute atomic E-state index is 5.58. The molecular weight excluding hydrogens is 280 g/mol. The van der Waals surface area contributed by atoms with Crippen LogP contribution in [0.1, 0.15) is 17.3 Å². The maximum atomic E-state index is 5.58. The number of benzene rings is 1. The first-order chi connectivity index (χ1) is 8.19. The van der Waals surface area contributed by atoms with Crippen LogP contribution >= 0.6 is 15.9 Å². The predicted molar refractivity (Wildman–Crippen MR) is 71.1 cm³/mol. The highest BCUT2D eigenvalue weighted by molar-refractivity contribution is 9.10. The molecule has 0 fully saturated rings. The number of nitrogens with zero attached hydrogens (tertiary/aromatic N) is 2. The first-order valence-corrected chi connectivity index (χ1v) is 6.18. The minimum atomic E-state index is 0.0392. The monoisotopic (exact) mass is 294 g/mol. The molecular formula is C12H15BrN4. The zero-order valence-corrected chi connectivity index (χ0v) is 11.2. The summed E-state index contributed by atoms with van der Waals surface area (Å²) in [5, 5.41) is 4.36. The molecule has 0 saturated heterocycles. The highest BCUT2D eigenvalue weighted by Crippen LogP contribution is 2.17. The van der Waals surface area contributed by atoms with Gasteiger partial charge in [0.05, 0.1) is 11.7 Å². The van der Waals surface area contributed by atoms with Crippen molar-refractivity contribution in [3.63, 3.8) is 0 Å². The molecule has 0 amide bonds. The van der Waals surface area contributed by atoms with Gasteiger partial charge in [-0.3, -0.25) is 16.0 Å². The second kappa shape index (κ2) is 5.44. The quantitative estimate of drug-likeness (QED) is 0.669. The topological polar surface area (TPSA) is 55.9 Å². The Bertz CT molecular complexity index is 478. The lowest BCUT2D eigenvalue weighted by atomic mass is 10.0. The summed E-state index contributed by atoms with van der Waals surface area (Å²) in [5.74, 6) is 5.58. The van der Waals surface area contributed by atoms with E-state index in [2.05, 4.69) is 38.6 Å². The van der Waals surface area contributed by atoms with Crippen LogP contribution in [0.25, 0.3) is 0 Å². The molecule has 0 saturated carbocycles. The van der Waals surface area contributed by atoms with Crippen molar-refractivity contribution in [2.24, 2.45) is 12.9 Å². The van der Waals surface area contributed by atoms with E-state index < -0.39 is 0 Å². The smallest absolute Gasteiger partial charge is 0.0810 e. The molecule has 4 nitrogen and oxygen atoms in total. The van der Waals surface area contributed by atoms with Gasteiger partial charge >= 0.3 is 0 Å². The van der Waals surface area contributed by atoms with E-state index in [1.54, 1.807) is 4.68 Å². The van der Waals surface area contributed by atoms with Crippen LogP contribution in [-0.2, 0) is 13.5 Å². The minimum Gasteiger partial charge on any atom is -0.275 e. The van der Waals surface area contributed by atoms with Gasteiger partial charge in [0.15, 0.2) is 0 Å². The summed E-state index contributed by atoms with van der Waals surface area (Å²) in [6, 6.07) is 10.2. The first-order valence-electron chi connectivity index (χ1n) is 5.39. The van der Waals surface area contributed by atoms with Gasteiger partial charge in [0.25, 0.3) is 0 Å². The number of nitrogens with two attached hydrogens (primary N) is 1. The van der Waals surface area contributed by atoms with Crippen LogP contribution < -0.4 is 11.3 Å². The summed E-state index contributed by atoms with van der Waals surface area (Å²) in [6.45, 7) is 0. The molecule has 0 aliphatic heterocycles. The molecule has 17 heavy (non-hydrogen) atoms. The number of hydrogen-bond donors (Lipinski definition) is 2. The normalized spacial score (nSPS) is 12.6. The van der Waals surface area contributed by atoms with Gasteiger partial charge in [-0.2, -0.15) is 5.10 Å². The highest BCUT2D eigenvalue weighted by atomic mass is 79.9. The molecule has 0 aliphatic carbocycles. The van der Waals surface area contributed by atoms with Crippen molar-refractivity contribution in [2.75, 3.05) is 0 Å². The molecule has 90 valence electrons. The Labute approximate surface area is 109 Å². The Kier molecular flexibility index (Phi) is 3.93. The van der Waals surface area contributed by atoms with Crippen LogP contribution in [0.2, 0.25) is 0 Å². The Morgan fingerprint density at radius 1 is 1.35 bits per heavy atom. The molecule has 5 heteroatoms. The molecule has 0 radical (unpaired) electrons. The van der Waals surface area contributed by atoms with Gasteiger partial charge < -0.3 is 0 Å². The molecule has 1 aromatic carbocycles. The van der Waals surface area contributed by atoms with E-state index in [9.17, 15) is 0 Å². The van der Waals surface area contributed by atoms with Gasteiger partial charge in [-0.1, -0.05) is 28.1 Å². The fourth-order valence-electron chi connectivity index (χ4n) is 1.72. The van der Waals surface area contributed by atoms with E-state index in [0.29, 0.717) is 0 Å². The van der Waals surface area contributed by atoms with Gasteiger partial charge in [0.1, 0.15) is 0 Å². The average Bonchev–Trinajstić information content (AvgIpc) is 2.75. The summed E-state index contributed by atoms with van der Waals surface area (Å²) in [6.07, 6.45) is 2.74. The standard InChI is InChI=1S/C12H15BrN4/c1-17-7-6-11(16-17)12(15-14)8-9-2-4-10(13)5-3-9/h2-7,12,15H,8,14H2,1H3. The molecule has 1 aromatic heterocycles. The number of halogens is 1. The molecule has 1 atom stereocenters. The number of hydrazine groups is 1. The lowest BCUT2D eigenvalue weighted by molar-refractivity contribution is 0.529. The third-order valence-corrected chi connectivity index (χ3v) is 3.17. The second-order valence-corrected chi connectivity index (χ2v) is 4.88. The number of aromatic nitrogens is 2. The number of hydrogen-bond acceptors (Lipinski definition) is 3. The number of rotatable bonds is 4. The van der Waals surface area contributed by atoms with Crippen molar-refractivity contribution in [3.8, 4) is 0 Å². The molecule has 0 aliphatic rings. The molecule has 1 heterocycles. The molecule has 3 N–H and O–H groups in total. The summed E-state index contributed by atoms with van der Waals surface area (Å²) in [4.78, 5) is 0. The van der Waals surface area contributed by atoms with Crippen molar-refractivity contribution in [1.82, 2.24) is 15.2 Å². The van der Waals surface area contributed by atoms with Crippen molar-refractivity contribution in [2.45, 2.75) is 12.5 Å². The van der Waals surface area contributed by atoms with Gasteiger partial charge in [-0.25, -0.2) is 0 Å². The third kappa shape index (κ3) is 3.15. The van der Waals surface area contributed by atoms with Crippen molar-refractivity contribution < 1.29 is 0 Å². The summed E-state index contributed by atoms with van der Waals surface area (Å²) >= 11 is 3.42. The Morgan fingerprint density at radius 2 is 2.06 bits per heavy atom. The van der Waals surface area contributed by atoms with Gasteiger partial charge in [-0.05, 0) is 30.2 Å². The zero-order chi connectivity index (χ0) is 12.3. The van der Waals surface area contributed by atoms with E-state index in [4.69, 9.17) is 5.84 Å². The zero-order valence-electron chi connectivity index (χ0n) is 9.60. The molecule has 1 unspecified atom stereocenters. The van der Waals surface area contributed by atoms with E-state index in [1.165, 1.54) is 5.56 Å². The van der Waals surface area contributed by atoms with Crippen LogP contribution in [-0.4, -0.2) is 9.78 Å². The van der Waals surface area contributed by atoms with Gasteiger partial charge in [0, 0.05) is 17.7 Å². The molecule has 2 aromatic rings. The Hall–Kier alpha value is -1.17. The highest BCUT2D eigenvalue weighted by Gasteiger charge is 2.12. The van der Waals surface area contributed by atoms with Crippen LogP contribution in [0.3, 0.4) is 0 Å². The molecule has 0 bridgehead atoms. The Balaban J connectivity index is 2.12. The van der Waals surface area contributed by atoms with Crippen molar-refractivity contribution in [3.05, 3.63) is 52.3 Å². The second-order valence-electron chi connectivity index (χ2n) is 3.96. The molecule has 2 rings (SSSR count). The summed E-state index contributed by atoms with van der Waals surface area (Å²) in [7, 11) is 1.90. The minimum absolute atomic E-state index is 0.0392. The Morgan fingerprint density at radius 3 is 2.59 bits per heavy atom. The average molecular weight is 295 g/mol. The van der Waals surface area contributed by atoms with E-state index in [0.717, 1.165) is 16.6 Å². The first kappa shape index (κ1) is 12.3.